The number of anilines is 1. The monoisotopic (exact) mass is 473 g/mol. The fraction of sp³-hybridized carbons (Fsp3) is 0.389. The molecule has 0 aliphatic carbocycles. The number of benzene rings is 1. The van der Waals surface area contributed by atoms with E-state index in [-0.39, 0.29) is 24.0 Å². The molecule has 7 heteroatoms. The molecule has 0 bridgehead atoms. The lowest BCUT2D eigenvalue weighted by Crippen LogP contribution is -2.30. The van der Waals surface area contributed by atoms with Gasteiger partial charge >= 0.3 is 0 Å². The van der Waals surface area contributed by atoms with E-state index in [1.54, 1.807) is 11.3 Å². The average Bonchev–Trinajstić information content (AvgIpc) is 2.85. The molecule has 2 aromatic rings. The Balaban J connectivity index is 0.00000225. The number of aryl methyl sites for hydroxylation is 1. The van der Waals surface area contributed by atoms with Crippen LogP contribution in [0.15, 0.2) is 35.3 Å². The second-order valence-corrected chi connectivity index (χ2v) is 6.92. The Morgan fingerprint density at radius 2 is 1.96 bits per heavy atom. The molecule has 136 valence electrons. The van der Waals surface area contributed by atoms with Crippen LogP contribution < -0.4 is 20.1 Å². The van der Waals surface area contributed by atoms with Crippen molar-refractivity contribution in [3.8, 4) is 11.5 Å². The van der Waals surface area contributed by atoms with E-state index in [2.05, 4.69) is 41.6 Å². The molecule has 0 saturated heterocycles. The highest BCUT2D eigenvalue weighted by Crippen LogP contribution is 2.32. The molecule has 1 aromatic heterocycles. The molecule has 0 saturated carbocycles. The number of hydrogen-bond acceptors (Lipinski definition) is 4. The van der Waals surface area contributed by atoms with E-state index in [1.165, 1.54) is 9.75 Å². The highest BCUT2D eigenvalue weighted by molar-refractivity contribution is 14.0. The maximum atomic E-state index is 5.74. The summed E-state index contributed by atoms with van der Waals surface area (Å²) in [5.41, 5.74) is 0.932. The third kappa shape index (κ3) is 5.78. The zero-order valence-corrected chi connectivity index (χ0v) is 17.6. The molecule has 0 amide bonds. The van der Waals surface area contributed by atoms with Crippen molar-refractivity contribution in [2.75, 3.05) is 25.1 Å². The summed E-state index contributed by atoms with van der Waals surface area (Å²) < 4.78 is 11.4. The van der Waals surface area contributed by atoms with Crippen LogP contribution >= 0.6 is 35.3 Å². The van der Waals surface area contributed by atoms with Crippen molar-refractivity contribution in [2.24, 2.45) is 4.99 Å². The lowest BCUT2D eigenvalue weighted by molar-refractivity contribution is 0.297. The third-order valence-electron chi connectivity index (χ3n) is 3.54. The lowest BCUT2D eigenvalue weighted by Gasteiger charge is -2.13. The number of guanidine groups is 1. The van der Waals surface area contributed by atoms with Crippen LogP contribution in [0.2, 0.25) is 0 Å². The molecule has 25 heavy (non-hydrogen) atoms. The van der Waals surface area contributed by atoms with Gasteiger partial charge in [0.25, 0.3) is 0 Å². The molecule has 1 aliphatic rings. The van der Waals surface area contributed by atoms with Crippen molar-refractivity contribution in [3.05, 3.63) is 40.1 Å². The summed E-state index contributed by atoms with van der Waals surface area (Å²) in [4.78, 5) is 7.22. The minimum absolute atomic E-state index is 0. The molecule has 0 radical (unpaired) electrons. The number of ether oxygens (including phenoxy) is 2. The van der Waals surface area contributed by atoms with E-state index in [1.807, 2.05) is 18.2 Å². The zero-order chi connectivity index (χ0) is 16.8. The Hall–Kier alpha value is -1.48. The van der Waals surface area contributed by atoms with Gasteiger partial charge in [0.05, 0.1) is 19.8 Å². The van der Waals surface area contributed by atoms with Gasteiger partial charge in [-0.1, -0.05) is 0 Å². The zero-order valence-electron chi connectivity index (χ0n) is 14.5. The fourth-order valence-corrected chi connectivity index (χ4v) is 3.23. The van der Waals surface area contributed by atoms with Gasteiger partial charge in [0.1, 0.15) is 0 Å². The molecular formula is C18H24IN3O2S. The number of fused-ring (bicyclic) bond motifs is 1. The van der Waals surface area contributed by atoms with Gasteiger partial charge in [0.2, 0.25) is 0 Å². The van der Waals surface area contributed by atoms with Gasteiger partial charge < -0.3 is 20.1 Å². The molecule has 1 aliphatic heterocycles. The number of hydrogen-bond donors (Lipinski definition) is 2. The predicted molar refractivity (Wildman–Crippen MR) is 115 cm³/mol. The topological polar surface area (TPSA) is 54.9 Å². The molecular weight excluding hydrogens is 449 g/mol. The van der Waals surface area contributed by atoms with Crippen molar-refractivity contribution in [2.45, 2.75) is 26.8 Å². The van der Waals surface area contributed by atoms with Crippen LogP contribution in [0.5, 0.6) is 11.5 Å². The molecule has 3 rings (SSSR count). The highest BCUT2D eigenvalue weighted by Gasteiger charge is 2.11. The standard InChI is InChI=1S/C18H23N3O2S.HI/c1-3-19-18(20-12-15-7-5-13(2)24-15)21-14-6-8-16-17(11-14)23-10-4-9-22-16;/h5-8,11H,3-4,9-10,12H2,1-2H3,(H2,19,20,21);1H. The van der Waals surface area contributed by atoms with Crippen molar-refractivity contribution in [1.29, 1.82) is 0 Å². The minimum atomic E-state index is 0. The number of halogens is 1. The SMILES string of the molecule is CCNC(=NCc1ccc(C)s1)Nc1ccc2c(c1)OCCCO2.I. The van der Waals surface area contributed by atoms with Gasteiger partial charge in [-0.3, -0.25) is 0 Å². The molecule has 2 N–H and O–H groups in total. The van der Waals surface area contributed by atoms with Gasteiger partial charge in [-0.05, 0) is 38.1 Å². The first-order valence-electron chi connectivity index (χ1n) is 8.25. The van der Waals surface area contributed by atoms with Crippen LogP contribution in [0.4, 0.5) is 5.69 Å². The maximum absolute atomic E-state index is 5.74. The first-order valence-corrected chi connectivity index (χ1v) is 9.06. The quantitative estimate of drug-likeness (QED) is 0.393. The Morgan fingerprint density at radius 1 is 1.16 bits per heavy atom. The number of thiophene rings is 1. The number of rotatable bonds is 4. The normalized spacial score (nSPS) is 13.6. The van der Waals surface area contributed by atoms with Crippen LogP contribution in [0.25, 0.3) is 0 Å². The van der Waals surface area contributed by atoms with E-state index in [9.17, 15) is 0 Å². The van der Waals surface area contributed by atoms with Gasteiger partial charge in [0, 0.05) is 34.5 Å². The Bertz CT molecular complexity index is 718. The van der Waals surface area contributed by atoms with E-state index >= 15 is 0 Å². The van der Waals surface area contributed by atoms with Gasteiger partial charge in [-0.15, -0.1) is 35.3 Å². The molecule has 5 nitrogen and oxygen atoms in total. The summed E-state index contributed by atoms with van der Waals surface area (Å²) in [5, 5.41) is 6.61. The summed E-state index contributed by atoms with van der Waals surface area (Å²) in [5.74, 6) is 2.34. The second kappa shape index (κ2) is 9.86. The van der Waals surface area contributed by atoms with Crippen LogP contribution in [-0.2, 0) is 6.54 Å². The molecule has 0 unspecified atom stereocenters. The smallest absolute Gasteiger partial charge is 0.196 e. The van der Waals surface area contributed by atoms with Crippen LogP contribution in [0, 0.1) is 6.92 Å². The molecule has 1 aromatic carbocycles. The summed E-state index contributed by atoms with van der Waals surface area (Å²) in [6.07, 6.45) is 0.905. The predicted octanol–water partition coefficient (Wildman–Crippen LogP) is 4.41. The summed E-state index contributed by atoms with van der Waals surface area (Å²) in [6.45, 7) is 7.02. The minimum Gasteiger partial charge on any atom is -0.490 e. The third-order valence-corrected chi connectivity index (χ3v) is 4.53. The largest absolute Gasteiger partial charge is 0.490 e. The van der Waals surface area contributed by atoms with E-state index < -0.39 is 0 Å². The van der Waals surface area contributed by atoms with E-state index in [4.69, 9.17) is 9.47 Å². The highest BCUT2D eigenvalue weighted by atomic mass is 127. The second-order valence-electron chi connectivity index (χ2n) is 5.54. The molecule has 0 atom stereocenters. The number of aliphatic imine (C=N–C) groups is 1. The van der Waals surface area contributed by atoms with Gasteiger partial charge in [-0.25, -0.2) is 4.99 Å². The first kappa shape index (κ1) is 19.8. The van der Waals surface area contributed by atoms with Crippen molar-refractivity contribution < 1.29 is 9.47 Å². The van der Waals surface area contributed by atoms with E-state index in [0.29, 0.717) is 19.8 Å². The summed E-state index contributed by atoms with van der Waals surface area (Å²) >= 11 is 1.78. The van der Waals surface area contributed by atoms with Crippen molar-refractivity contribution in [3.63, 3.8) is 0 Å². The van der Waals surface area contributed by atoms with Gasteiger partial charge in [0.15, 0.2) is 17.5 Å². The maximum Gasteiger partial charge on any atom is 0.196 e. The van der Waals surface area contributed by atoms with Crippen molar-refractivity contribution >= 4 is 47.0 Å². The van der Waals surface area contributed by atoms with Gasteiger partial charge in [-0.2, -0.15) is 0 Å². The van der Waals surface area contributed by atoms with Crippen LogP contribution in [0.1, 0.15) is 23.1 Å². The van der Waals surface area contributed by atoms with Crippen molar-refractivity contribution in [1.82, 2.24) is 5.32 Å². The Kier molecular flexibility index (Phi) is 7.83. The number of nitrogens with one attached hydrogen (secondary N) is 2. The van der Waals surface area contributed by atoms with Crippen LogP contribution in [0.3, 0.4) is 0 Å². The summed E-state index contributed by atoms with van der Waals surface area (Å²) in [7, 11) is 0. The fourth-order valence-electron chi connectivity index (χ4n) is 2.41. The molecule has 0 fully saturated rings. The lowest BCUT2D eigenvalue weighted by atomic mass is 10.3. The molecule has 2 heterocycles. The summed E-state index contributed by atoms with van der Waals surface area (Å²) in [6, 6.07) is 10.1. The Labute approximate surface area is 169 Å². The van der Waals surface area contributed by atoms with E-state index in [0.717, 1.165) is 36.1 Å². The Morgan fingerprint density at radius 3 is 2.68 bits per heavy atom. The first-order chi connectivity index (χ1) is 11.7. The average molecular weight is 473 g/mol. The number of nitrogens with zero attached hydrogens (tertiary/aromatic N) is 1. The van der Waals surface area contributed by atoms with Crippen LogP contribution in [-0.4, -0.2) is 25.7 Å². The molecule has 0 spiro atoms.